The summed E-state index contributed by atoms with van der Waals surface area (Å²) in [5.41, 5.74) is 18.4. The van der Waals surface area contributed by atoms with E-state index in [0.717, 1.165) is 6.42 Å². The van der Waals surface area contributed by atoms with Crippen LogP contribution in [-0.4, -0.2) is 3.71 Å². The minimum Gasteiger partial charge on any atom is -1.00 e. The third kappa shape index (κ3) is 6.88. The van der Waals surface area contributed by atoms with E-state index in [4.69, 9.17) is 0 Å². The summed E-state index contributed by atoms with van der Waals surface area (Å²) >= 11 is -2.66. The normalized spacial score (nSPS) is 19.8. The Balaban J connectivity index is 0.00000261. The minimum absolute atomic E-state index is 0. The monoisotopic (exact) mass is 808 g/mol. The summed E-state index contributed by atoms with van der Waals surface area (Å²) in [6.07, 6.45) is 11.7. The molecule has 3 aromatic carbocycles. The van der Waals surface area contributed by atoms with Crippen molar-refractivity contribution in [2.24, 2.45) is 22.2 Å². The smallest absolute Gasteiger partial charge is 1.00 e. The summed E-state index contributed by atoms with van der Waals surface area (Å²) in [4.78, 5) is 0. The van der Waals surface area contributed by atoms with Gasteiger partial charge in [0.1, 0.15) is 0 Å². The molecule has 0 radical (unpaired) electrons. The summed E-state index contributed by atoms with van der Waals surface area (Å²) in [7, 11) is 0. The molecule has 4 aliphatic carbocycles. The number of fused-ring (bicyclic) bond motifs is 5. The molecule has 0 spiro atoms. The Kier molecular flexibility index (Phi) is 10.8. The molecule has 0 fully saturated rings. The van der Waals surface area contributed by atoms with Crippen LogP contribution in [0.15, 0.2) is 87.8 Å². The van der Waals surface area contributed by atoms with Crippen LogP contribution >= 0.6 is 0 Å². The average Bonchev–Trinajstić information content (AvgIpc) is 3.73. The van der Waals surface area contributed by atoms with E-state index >= 15 is 0 Å². The number of hydrogen-bond acceptors (Lipinski definition) is 0. The Bertz CT molecular complexity index is 1980. The van der Waals surface area contributed by atoms with Crippen LogP contribution in [0.3, 0.4) is 0 Å². The standard InChI is InChI=1S/C31H37.C11H17.C7H6.2ClH.Zr/c1-28(2,3)26-16-30(7,8)24-12-18-11-19-13-25-23(15-21(19)20(18)14-22(24)26)27(29(4,5)6)17-31(25,9)10;1-5-9-6-7-10(8-9)11(2,3)4;1-7-5-3-2-4-6-7;;;/h11-17H,1-10H3;7-9H,5H2,1-4H3;1-6H;2*1H;/q;;;;;+2/p-2. The molecule has 0 N–H and O–H groups in total. The Labute approximate surface area is 336 Å². The first-order valence-electron chi connectivity index (χ1n) is 19.2. The molecule has 52 heavy (non-hydrogen) atoms. The van der Waals surface area contributed by atoms with Gasteiger partial charge in [-0.15, -0.1) is 0 Å². The zero-order valence-electron chi connectivity index (χ0n) is 34.2. The third-order valence-electron chi connectivity index (χ3n) is 12.0. The second-order valence-corrected chi connectivity index (χ2v) is 25.7. The van der Waals surface area contributed by atoms with Gasteiger partial charge >= 0.3 is 314 Å². The molecule has 274 valence electrons. The Morgan fingerprint density at radius 1 is 0.635 bits per heavy atom. The number of rotatable bonds is 4. The number of allylic oxidation sites excluding steroid dienone is 8. The second-order valence-electron chi connectivity index (χ2n) is 20.0. The van der Waals surface area contributed by atoms with Crippen LogP contribution in [0.1, 0.15) is 146 Å². The maximum atomic E-state index is 2.81. The van der Waals surface area contributed by atoms with E-state index < -0.39 is 21.3 Å². The van der Waals surface area contributed by atoms with Crippen molar-refractivity contribution in [3.8, 4) is 11.1 Å². The maximum absolute atomic E-state index is 2.81. The molecule has 0 nitrogen and oxygen atoms in total. The zero-order chi connectivity index (χ0) is 36.3. The molecule has 0 saturated heterocycles. The van der Waals surface area contributed by atoms with Gasteiger partial charge in [-0.25, -0.2) is 0 Å². The molecule has 0 aromatic heterocycles. The fraction of sp³-hybridized carbons (Fsp3) is 0.449. The molecular formula is C49H60Cl2Zr. The van der Waals surface area contributed by atoms with Crippen LogP contribution in [0.25, 0.3) is 22.3 Å². The summed E-state index contributed by atoms with van der Waals surface area (Å²) in [5, 5.41) is 0. The summed E-state index contributed by atoms with van der Waals surface area (Å²) in [5.74, 6) is 0.520. The first kappa shape index (κ1) is 41.1. The van der Waals surface area contributed by atoms with Crippen LogP contribution in [0.5, 0.6) is 0 Å². The SMILES string of the molecule is CCC1C=C(C(C)(C)C)C=[C]1/[Zr+2](=[CH]\c1ccccc1)[CH]1c2cc3c(cc2-c2cc4c(cc21)C(C)(C)C=C4C(C)(C)C)C(C(C)(C)C)=CC3(C)C.[Cl-].[Cl-]. The summed E-state index contributed by atoms with van der Waals surface area (Å²) < 4.78 is 5.01. The molecule has 0 bridgehead atoms. The van der Waals surface area contributed by atoms with Crippen molar-refractivity contribution in [1.29, 1.82) is 0 Å². The fourth-order valence-electron chi connectivity index (χ4n) is 9.26. The maximum Gasteiger partial charge on any atom is -1.00 e. The molecule has 3 heteroatoms. The van der Waals surface area contributed by atoms with Crippen LogP contribution < -0.4 is 24.8 Å². The van der Waals surface area contributed by atoms with Crippen LogP contribution in [-0.2, 0) is 32.1 Å². The van der Waals surface area contributed by atoms with E-state index in [1.165, 1.54) is 55.7 Å². The summed E-state index contributed by atoms with van der Waals surface area (Å²) in [6.45, 7) is 33.7. The molecular weight excluding hydrogens is 751 g/mol. The van der Waals surface area contributed by atoms with Gasteiger partial charge in [0.05, 0.1) is 0 Å². The third-order valence-corrected chi connectivity index (χ3v) is 19.6. The van der Waals surface area contributed by atoms with E-state index in [2.05, 4.69) is 180 Å². The van der Waals surface area contributed by atoms with Gasteiger partial charge in [-0.3, -0.25) is 0 Å². The second kappa shape index (κ2) is 13.6. The molecule has 1 atom stereocenters. The van der Waals surface area contributed by atoms with E-state index in [1.807, 2.05) is 0 Å². The van der Waals surface area contributed by atoms with Crippen molar-refractivity contribution in [3.05, 3.63) is 127 Å². The molecule has 4 aliphatic rings. The van der Waals surface area contributed by atoms with Gasteiger partial charge in [-0.2, -0.15) is 0 Å². The molecule has 3 aromatic rings. The van der Waals surface area contributed by atoms with Gasteiger partial charge < -0.3 is 24.8 Å². The molecule has 7 rings (SSSR count). The molecule has 0 amide bonds. The minimum atomic E-state index is -2.66. The van der Waals surface area contributed by atoms with Crippen LogP contribution in [0.4, 0.5) is 0 Å². The zero-order valence-corrected chi connectivity index (χ0v) is 38.2. The Morgan fingerprint density at radius 3 is 1.50 bits per heavy atom. The van der Waals surface area contributed by atoms with E-state index in [1.54, 1.807) is 14.4 Å². The number of halogens is 2. The first-order chi connectivity index (χ1) is 23.1. The van der Waals surface area contributed by atoms with Crippen molar-refractivity contribution in [3.63, 3.8) is 0 Å². The predicted octanol–water partition coefficient (Wildman–Crippen LogP) is 7.57. The Morgan fingerprint density at radius 2 is 1.10 bits per heavy atom. The van der Waals surface area contributed by atoms with E-state index in [0.29, 0.717) is 9.54 Å². The Hall–Kier alpha value is -2.05. The predicted molar refractivity (Wildman–Crippen MR) is 216 cm³/mol. The molecule has 0 heterocycles. The molecule has 0 aliphatic heterocycles. The van der Waals surface area contributed by atoms with Crippen molar-refractivity contribution < 1.29 is 46.1 Å². The quantitative estimate of drug-likeness (QED) is 0.255. The van der Waals surface area contributed by atoms with Crippen molar-refractivity contribution in [2.75, 3.05) is 0 Å². The number of benzene rings is 3. The number of hydrogen-bond donors (Lipinski definition) is 0. The largest absolute Gasteiger partial charge is 1.00 e. The van der Waals surface area contributed by atoms with E-state index in [9.17, 15) is 0 Å². The van der Waals surface area contributed by atoms with Gasteiger partial charge in [-0.1, -0.05) is 0 Å². The molecule has 1 unspecified atom stereocenters. The van der Waals surface area contributed by atoms with Gasteiger partial charge in [0.15, 0.2) is 0 Å². The van der Waals surface area contributed by atoms with E-state index in [-0.39, 0.29) is 51.9 Å². The van der Waals surface area contributed by atoms with Crippen LogP contribution in [0.2, 0.25) is 0 Å². The van der Waals surface area contributed by atoms with Crippen molar-refractivity contribution in [2.45, 2.75) is 118 Å². The summed E-state index contributed by atoms with van der Waals surface area (Å²) in [6, 6.07) is 22.0. The van der Waals surface area contributed by atoms with Crippen molar-refractivity contribution >= 4 is 14.9 Å². The molecule has 0 saturated carbocycles. The van der Waals surface area contributed by atoms with Crippen LogP contribution in [0, 0.1) is 22.2 Å². The van der Waals surface area contributed by atoms with Crippen molar-refractivity contribution in [1.82, 2.24) is 0 Å². The van der Waals surface area contributed by atoms with Gasteiger partial charge in [-0.05, 0) is 0 Å². The topological polar surface area (TPSA) is 0 Å². The average molecular weight is 811 g/mol. The van der Waals surface area contributed by atoms with Gasteiger partial charge in [0.25, 0.3) is 0 Å². The fourth-order valence-corrected chi connectivity index (χ4v) is 17.6. The van der Waals surface area contributed by atoms with Gasteiger partial charge in [0.2, 0.25) is 0 Å². The first-order valence-corrected chi connectivity index (χ1v) is 23.2. The van der Waals surface area contributed by atoms with Gasteiger partial charge in [0, 0.05) is 0 Å².